The lowest BCUT2D eigenvalue weighted by Gasteiger charge is -2.30. The number of benzene rings is 2. The van der Waals surface area contributed by atoms with Gasteiger partial charge in [-0.25, -0.2) is 0 Å². The maximum atomic E-state index is 9.94. The van der Waals surface area contributed by atoms with Gasteiger partial charge in [0, 0.05) is 11.1 Å². The molecule has 0 radical (unpaired) electrons. The van der Waals surface area contributed by atoms with Gasteiger partial charge in [-0.2, -0.15) is 0 Å². The molecule has 1 aliphatic rings. The third kappa shape index (κ3) is 4.19. The van der Waals surface area contributed by atoms with E-state index < -0.39 is 0 Å². The molecule has 140 valence electrons. The summed E-state index contributed by atoms with van der Waals surface area (Å²) >= 11 is 0. The van der Waals surface area contributed by atoms with Crippen molar-refractivity contribution >= 4 is 0 Å². The van der Waals surface area contributed by atoms with Crippen LogP contribution in [0.1, 0.15) is 33.4 Å². The molecule has 4 N–H and O–H groups in total. The van der Waals surface area contributed by atoms with E-state index in [1.54, 1.807) is 9.80 Å². The summed E-state index contributed by atoms with van der Waals surface area (Å²) in [7, 11) is 0. The molecule has 0 bridgehead atoms. The summed E-state index contributed by atoms with van der Waals surface area (Å²) < 4.78 is 0. The van der Waals surface area contributed by atoms with E-state index in [9.17, 15) is 10.2 Å². The first-order valence-electron chi connectivity index (χ1n) is 9.59. The summed E-state index contributed by atoms with van der Waals surface area (Å²) in [6.45, 7) is 14.7. The average Bonchev–Trinajstić information content (AvgIpc) is 2.59. The fourth-order valence-electron chi connectivity index (χ4n) is 4.18. The number of phenols is 2. The molecule has 0 amide bonds. The van der Waals surface area contributed by atoms with Crippen molar-refractivity contribution in [3.63, 3.8) is 0 Å². The molecule has 26 heavy (non-hydrogen) atoms. The Morgan fingerprint density at radius 3 is 1.15 bits per heavy atom. The minimum atomic E-state index is 0.428. The summed E-state index contributed by atoms with van der Waals surface area (Å²) in [5, 5.41) is 19.9. The maximum absolute atomic E-state index is 9.94. The fraction of sp³-hybridized carbons (Fsp3) is 0.455. The highest BCUT2D eigenvalue weighted by molar-refractivity contribution is 5.42. The molecule has 1 fully saturated rings. The van der Waals surface area contributed by atoms with Gasteiger partial charge in [-0.05, 0) is 74.2 Å². The highest BCUT2D eigenvalue weighted by Crippen LogP contribution is 2.23. The number of aromatic hydroxyl groups is 2. The van der Waals surface area contributed by atoms with Crippen LogP contribution in [0.2, 0.25) is 0 Å². The molecule has 0 aliphatic carbocycles. The Morgan fingerprint density at radius 1 is 0.615 bits per heavy atom. The van der Waals surface area contributed by atoms with Gasteiger partial charge in [0.25, 0.3) is 0 Å². The molecule has 0 aromatic heterocycles. The lowest BCUT2D eigenvalue weighted by Crippen LogP contribution is -3.27. The number of nitrogens with one attached hydrogen (secondary N) is 2. The lowest BCUT2D eigenvalue weighted by atomic mass is 10.0. The van der Waals surface area contributed by atoms with Gasteiger partial charge in [-0.15, -0.1) is 0 Å². The highest BCUT2D eigenvalue weighted by atomic mass is 16.3. The van der Waals surface area contributed by atoms with Crippen LogP contribution in [0.5, 0.6) is 11.5 Å². The number of aryl methyl sites for hydroxylation is 4. The van der Waals surface area contributed by atoms with Crippen molar-refractivity contribution in [1.82, 2.24) is 0 Å². The van der Waals surface area contributed by atoms with Crippen molar-refractivity contribution < 1.29 is 20.0 Å². The molecule has 4 nitrogen and oxygen atoms in total. The molecule has 0 spiro atoms. The van der Waals surface area contributed by atoms with Crippen molar-refractivity contribution in [1.29, 1.82) is 0 Å². The van der Waals surface area contributed by atoms with Crippen LogP contribution in [0.25, 0.3) is 0 Å². The first-order chi connectivity index (χ1) is 12.3. The van der Waals surface area contributed by atoms with Gasteiger partial charge >= 0.3 is 0 Å². The van der Waals surface area contributed by atoms with Crippen LogP contribution < -0.4 is 9.80 Å². The largest absolute Gasteiger partial charge is 0.507 e. The van der Waals surface area contributed by atoms with Gasteiger partial charge in [0.1, 0.15) is 50.8 Å². The summed E-state index contributed by atoms with van der Waals surface area (Å²) in [5.41, 5.74) is 6.54. The number of phenolic OH excluding ortho intramolecular Hbond substituents is 2. The molecule has 1 heterocycles. The molecule has 0 atom stereocenters. The van der Waals surface area contributed by atoms with E-state index in [1.807, 2.05) is 27.7 Å². The second kappa shape index (κ2) is 7.68. The quantitative estimate of drug-likeness (QED) is 0.656. The third-order valence-corrected chi connectivity index (χ3v) is 5.67. The Labute approximate surface area is 156 Å². The van der Waals surface area contributed by atoms with Crippen LogP contribution in [-0.4, -0.2) is 36.4 Å². The van der Waals surface area contributed by atoms with Gasteiger partial charge in [-0.3, -0.25) is 0 Å². The topological polar surface area (TPSA) is 49.3 Å². The van der Waals surface area contributed by atoms with Crippen LogP contribution in [0, 0.1) is 27.7 Å². The second-order valence-electron chi connectivity index (χ2n) is 8.01. The van der Waals surface area contributed by atoms with Crippen LogP contribution in [-0.2, 0) is 13.1 Å². The van der Waals surface area contributed by atoms with Crippen LogP contribution in [0.15, 0.2) is 24.3 Å². The SMILES string of the molecule is Cc1cc(C[NH+]2CC[NH+](Cc3cc(C)c(O)c(C)c3)CC2)cc(C)c1O. The van der Waals surface area contributed by atoms with Crippen molar-refractivity contribution in [3.05, 3.63) is 57.6 Å². The summed E-state index contributed by atoms with van der Waals surface area (Å²) in [6, 6.07) is 8.49. The Morgan fingerprint density at radius 2 is 0.885 bits per heavy atom. The first-order valence-corrected chi connectivity index (χ1v) is 9.59. The highest BCUT2D eigenvalue weighted by Gasteiger charge is 2.23. The van der Waals surface area contributed by atoms with Crippen LogP contribution >= 0.6 is 0 Å². The number of hydrogen-bond donors (Lipinski definition) is 4. The van der Waals surface area contributed by atoms with Crippen LogP contribution in [0.4, 0.5) is 0 Å². The van der Waals surface area contributed by atoms with E-state index in [0.717, 1.165) is 35.3 Å². The smallest absolute Gasteiger partial charge is 0.127 e. The number of quaternary nitrogens is 2. The Kier molecular flexibility index (Phi) is 5.54. The van der Waals surface area contributed by atoms with E-state index in [-0.39, 0.29) is 0 Å². The van der Waals surface area contributed by atoms with E-state index in [4.69, 9.17) is 0 Å². The average molecular weight is 357 g/mol. The monoisotopic (exact) mass is 356 g/mol. The fourth-order valence-corrected chi connectivity index (χ4v) is 4.18. The number of hydrogen-bond acceptors (Lipinski definition) is 2. The normalized spacial score (nSPS) is 20.3. The molecular weight excluding hydrogens is 324 g/mol. The zero-order valence-electron chi connectivity index (χ0n) is 16.4. The molecule has 4 heteroatoms. The molecule has 2 aromatic carbocycles. The Balaban J connectivity index is 1.56. The summed E-state index contributed by atoms with van der Waals surface area (Å²) in [6.07, 6.45) is 0. The van der Waals surface area contributed by atoms with Gasteiger partial charge in [-0.1, -0.05) is 0 Å². The maximum Gasteiger partial charge on any atom is 0.127 e. The molecule has 2 aromatic rings. The van der Waals surface area contributed by atoms with E-state index >= 15 is 0 Å². The van der Waals surface area contributed by atoms with E-state index in [2.05, 4.69) is 24.3 Å². The zero-order valence-corrected chi connectivity index (χ0v) is 16.4. The predicted molar refractivity (Wildman–Crippen MR) is 104 cm³/mol. The van der Waals surface area contributed by atoms with Crippen molar-refractivity contribution in [2.45, 2.75) is 40.8 Å². The second-order valence-corrected chi connectivity index (χ2v) is 8.01. The predicted octanol–water partition coefficient (Wildman–Crippen LogP) is 0.815. The first kappa shape index (κ1) is 18.7. The molecule has 3 rings (SSSR count). The van der Waals surface area contributed by atoms with Gasteiger partial charge < -0.3 is 20.0 Å². The van der Waals surface area contributed by atoms with Gasteiger partial charge in [0.15, 0.2) is 0 Å². The minimum absolute atomic E-state index is 0.428. The standard InChI is InChI=1S/C22H30N2O2/c1-15-9-19(10-16(2)21(15)25)13-23-5-7-24(8-6-23)14-20-11-17(3)22(26)18(4)12-20/h9-12,25-26H,5-8,13-14H2,1-4H3/p+2. The number of rotatable bonds is 4. The van der Waals surface area contributed by atoms with Crippen molar-refractivity contribution in [2.75, 3.05) is 26.2 Å². The Hall–Kier alpha value is -2.04. The van der Waals surface area contributed by atoms with Gasteiger partial charge in [0.2, 0.25) is 0 Å². The van der Waals surface area contributed by atoms with E-state index in [0.29, 0.717) is 11.5 Å². The molecule has 0 saturated carbocycles. The third-order valence-electron chi connectivity index (χ3n) is 5.67. The van der Waals surface area contributed by atoms with Crippen LogP contribution in [0.3, 0.4) is 0 Å². The molecular formula is C22H32N2O2+2. The van der Waals surface area contributed by atoms with E-state index in [1.165, 1.54) is 37.3 Å². The Bertz CT molecular complexity index is 679. The zero-order chi connectivity index (χ0) is 18.8. The number of piperazine rings is 1. The summed E-state index contributed by atoms with van der Waals surface area (Å²) in [5.74, 6) is 0.856. The van der Waals surface area contributed by atoms with Crippen molar-refractivity contribution in [3.8, 4) is 11.5 Å². The minimum Gasteiger partial charge on any atom is -0.507 e. The lowest BCUT2D eigenvalue weighted by molar-refractivity contribution is -1.02. The molecule has 0 unspecified atom stereocenters. The van der Waals surface area contributed by atoms with Gasteiger partial charge in [0.05, 0.1) is 0 Å². The molecule has 1 saturated heterocycles. The summed E-state index contributed by atoms with van der Waals surface area (Å²) in [4.78, 5) is 3.24. The molecule has 1 aliphatic heterocycles. The van der Waals surface area contributed by atoms with Crippen molar-refractivity contribution in [2.24, 2.45) is 0 Å².